The van der Waals surface area contributed by atoms with Crippen molar-refractivity contribution in [2.75, 3.05) is 13.6 Å². The van der Waals surface area contributed by atoms with Crippen molar-refractivity contribution in [3.8, 4) is 0 Å². The van der Waals surface area contributed by atoms with Crippen LogP contribution in [0.1, 0.15) is 60.4 Å². The molecule has 1 aromatic rings. The lowest BCUT2D eigenvalue weighted by atomic mass is 9.79. The molecule has 0 saturated heterocycles. The molecule has 0 aromatic heterocycles. The number of primary amides is 1. The quantitative estimate of drug-likeness (QED) is 0.837. The van der Waals surface area contributed by atoms with Gasteiger partial charge in [0.15, 0.2) is 0 Å². The summed E-state index contributed by atoms with van der Waals surface area (Å²) in [6.07, 6.45) is 7.91. The molecule has 1 aliphatic carbocycles. The van der Waals surface area contributed by atoms with E-state index in [9.17, 15) is 4.79 Å². The average molecular weight is 274 g/mol. The minimum absolute atomic E-state index is 0.314. The number of nitrogens with two attached hydrogens (primary N) is 1. The molecule has 0 heterocycles. The van der Waals surface area contributed by atoms with Crippen molar-refractivity contribution in [1.29, 1.82) is 0 Å². The molecule has 0 radical (unpaired) electrons. The number of rotatable bonds is 6. The van der Waals surface area contributed by atoms with Crippen LogP contribution < -0.4 is 11.1 Å². The molecule has 2 rings (SSSR count). The summed E-state index contributed by atoms with van der Waals surface area (Å²) >= 11 is 0. The molecule has 1 aromatic carbocycles. The second kappa shape index (κ2) is 7.44. The summed E-state index contributed by atoms with van der Waals surface area (Å²) in [5.74, 6) is 0.861. The van der Waals surface area contributed by atoms with Crippen LogP contribution in [0.25, 0.3) is 0 Å². The van der Waals surface area contributed by atoms with Crippen molar-refractivity contribution in [2.24, 2.45) is 11.7 Å². The summed E-state index contributed by atoms with van der Waals surface area (Å²) in [7, 11) is 1.97. The molecule has 20 heavy (non-hydrogen) atoms. The molecule has 3 N–H and O–H groups in total. The van der Waals surface area contributed by atoms with Gasteiger partial charge in [0.1, 0.15) is 0 Å². The number of carbonyl (C=O) groups is 1. The highest BCUT2D eigenvalue weighted by molar-refractivity contribution is 5.94. The maximum atomic E-state index is 11.6. The molecule has 1 fully saturated rings. The van der Waals surface area contributed by atoms with Gasteiger partial charge in [-0.1, -0.05) is 50.3 Å². The van der Waals surface area contributed by atoms with Crippen LogP contribution >= 0.6 is 0 Å². The zero-order valence-electron chi connectivity index (χ0n) is 12.4. The lowest BCUT2D eigenvalue weighted by molar-refractivity contribution is 0.0998. The van der Waals surface area contributed by atoms with Gasteiger partial charge < -0.3 is 11.1 Å². The van der Waals surface area contributed by atoms with Gasteiger partial charge in [-0.05, 0) is 36.9 Å². The fraction of sp³-hybridized carbons (Fsp3) is 0.588. The molecule has 1 amide bonds. The number of nitrogens with one attached hydrogen (secondary N) is 1. The Bertz CT molecular complexity index is 438. The number of hydrogen-bond donors (Lipinski definition) is 2. The first-order valence-electron chi connectivity index (χ1n) is 7.75. The van der Waals surface area contributed by atoms with Crippen LogP contribution in [0.15, 0.2) is 24.3 Å². The zero-order chi connectivity index (χ0) is 14.4. The highest BCUT2D eigenvalue weighted by Gasteiger charge is 2.22. The van der Waals surface area contributed by atoms with E-state index >= 15 is 0 Å². The predicted octanol–water partition coefficient (Wildman–Crippen LogP) is 3.06. The van der Waals surface area contributed by atoms with Crippen molar-refractivity contribution >= 4 is 5.91 Å². The van der Waals surface area contributed by atoms with E-state index in [1.807, 2.05) is 25.2 Å². The molecule has 0 spiro atoms. The number of benzene rings is 1. The van der Waals surface area contributed by atoms with Crippen LogP contribution in [0.4, 0.5) is 0 Å². The first-order valence-corrected chi connectivity index (χ1v) is 7.75. The lowest BCUT2D eigenvalue weighted by Crippen LogP contribution is -2.24. The smallest absolute Gasteiger partial charge is 0.248 e. The Balaban J connectivity index is 2.16. The van der Waals surface area contributed by atoms with E-state index in [1.54, 1.807) is 0 Å². The number of amides is 1. The second-order valence-electron chi connectivity index (χ2n) is 5.95. The van der Waals surface area contributed by atoms with Crippen molar-refractivity contribution in [3.63, 3.8) is 0 Å². The number of hydrogen-bond acceptors (Lipinski definition) is 2. The Kier molecular flexibility index (Phi) is 5.60. The number of likely N-dealkylation sites (N-methyl/N-ethyl adjacent to an activating group) is 1. The third kappa shape index (κ3) is 3.83. The molecule has 1 saturated carbocycles. The Morgan fingerprint density at radius 3 is 2.65 bits per heavy atom. The summed E-state index contributed by atoms with van der Waals surface area (Å²) in [6, 6.07) is 7.80. The monoisotopic (exact) mass is 274 g/mol. The van der Waals surface area contributed by atoms with Crippen LogP contribution in [0, 0.1) is 5.92 Å². The molecular formula is C17H26N2O. The molecule has 3 heteroatoms. The summed E-state index contributed by atoms with van der Waals surface area (Å²) in [5.41, 5.74) is 7.32. The molecule has 1 aliphatic rings. The van der Waals surface area contributed by atoms with Gasteiger partial charge in [0.05, 0.1) is 0 Å². The Morgan fingerprint density at radius 1 is 1.30 bits per heavy atom. The Morgan fingerprint density at radius 2 is 2.00 bits per heavy atom. The summed E-state index contributed by atoms with van der Waals surface area (Å²) in [6.45, 7) is 0.904. The third-order valence-corrected chi connectivity index (χ3v) is 4.46. The molecular weight excluding hydrogens is 248 g/mol. The van der Waals surface area contributed by atoms with Crippen LogP contribution in [0.5, 0.6) is 0 Å². The van der Waals surface area contributed by atoms with Crippen molar-refractivity contribution in [2.45, 2.75) is 44.4 Å². The Labute approximate surface area is 121 Å². The van der Waals surface area contributed by atoms with Gasteiger partial charge in [0, 0.05) is 12.1 Å². The van der Waals surface area contributed by atoms with Gasteiger partial charge in [-0.15, -0.1) is 0 Å². The Hall–Kier alpha value is -1.35. The topological polar surface area (TPSA) is 55.1 Å². The van der Waals surface area contributed by atoms with Gasteiger partial charge in [-0.3, -0.25) is 4.79 Å². The van der Waals surface area contributed by atoms with Gasteiger partial charge >= 0.3 is 0 Å². The molecule has 0 bridgehead atoms. The first-order chi connectivity index (χ1) is 9.72. The molecule has 1 unspecified atom stereocenters. The average Bonchev–Trinajstić information content (AvgIpc) is 2.48. The standard InChI is InChI=1S/C17H26N2O/c1-19-12-14(11-13-7-3-2-4-8-13)15-9-5-6-10-16(15)17(18)20/h5-6,9-10,13-14,19H,2-4,7-8,11-12H2,1H3,(H2,18,20). The fourth-order valence-electron chi connectivity index (χ4n) is 3.47. The van der Waals surface area contributed by atoms with Gasteiger partial charge in [-0.2, -0.15) is 0 Å². The summed E-state index contributed by atoms with van der Waals surface area (Å²) < 4.78 is 0. The molecule has 110 valence electrons. The van der Waals surface area contributed by atoms with E-state index in [0.717, 1.165) is 24.4 Å². The molecule has 0 aliphatic heterocycles. The maximum Gasteiger partial charge on any atom is 0.248 e. The minimum atomic E-state index is -0.314. The largest absolute Gasteiger partial charge is 0.366 e. The van der Waals surface area contributed by atoms with Gasteiger partial charge in [-0.25, -0.2) is 0 Å². The van der Waals surface area contributed by atoms with Crippen LogP contribution in [0.2, 0.25) is 0 Å². The summed E-state index contributed by atoms with van der Waals surface area (Å²) in [5, 5.41) is 3.27. The van der Waals surface area contributed by atoms with Crippen LogP contribution in [-0.4, -0.2) is 19.5 Å². The SMILES string of the molecule is CNCC(CC1CCCCC1)c1ccccc1C(N)=O. The maximum absolute atomic E-state index is 11.6. The van der Waals surface area contributed by atoms with Gasteiger partial charge in [0.25, 0.3) is 0 Å². The van der Waals surface area contributed by atoms with E-state index in [4.69, 9.17) is 5.73 Å². The zero-order valence-corrected chi connectivity index (χ0v) is 12.4. The minimum Gasteiger partial charge on any atom is -0.366 e. The molecule has 1 atom stereocenters. The normalized spacial score (nSPS) is 17.9. The lowest BCUT2D eigenvalue weighted by Gasteiger charge is -2.27. The van der Waals surface area contributed by atoms with Crippen LogP contribution in [0.3, 0.4) is 0 Å². The summed E-state index contributed by atoms with van der Waals surface area (Å²) in [4.78, 5) is 11.6. The van der Waals surface area contributed by atoms with E-state index in [0.29, 0.717) is 11.5 Å². The van der Waals surface area contributed by atoms with Crippen molar-refractivity contribution < 1.29 is 4.79 Å². The van der Waals surface area contributed by atoms with E-state index in [-0.39, 0.29) is 5.91 Å². The van der Waals surface area contributed by atoms with E-state index < -0.39 is 0 Å². The van der Waals surface area contributed by atoms with Gasteiger partial charge in [0.2, 0.25) is 5.91 Å². The number of carbonyl (C=O) groups excluding carboxylic acids is 1. The third-order valence-electron chi connectivity index (χ3n) is 4.46. The highest BCUT2D eigenvalue weighted by Crippen LogP contribution is 2.33. The first kappa shape index (κ1) is 15.0. The van der Waals surface area contributed by atoms with Crippen molar-refractivity contribution in [1.82, 2.24) is 5.32 Å². The fourth-order valence-corrected chi connectivity index (χ4v) is 3.47. The van der Waals surface area contributed by atoms with Crippen molar-refractivity contribution in [3.05, 3.63) is 35.4 Å². The highest BCUT2D eigenvalue weighted by atomic mass is 16.1. The van der Waals surface area contributed by atoms with E-state index in [2.05, 4.69) is 11.4 Å². The predicted molar refractivity (Wildman–Crippen MR) is 82.8 cm³/mol. The molecule has 3 nitrogen and oxygen atoms in total. The van der Waals surface area contributed by atoms with Crippen LogP contribution in [-0.2, 0) is 0 Å². The second-order valence-corrected chi connectivity index (χ2v) is 5.95. The van der Waals surface area contributed by atoms with E-state index in [1.165, 1.54) is 32.1 Å².